The molecule has 0 bridgehead atoms. The Hall–Kier alpha value is -2.28. The summed E-state index contributed by atoms with van der Waals surface area (Å²) in [6.45, 7) is 8.18. The summed E-state index contributed by atoms with van der Waals surface area (Å²) in [6.07, 6.45) is 1.22. The molecule has 0 unspecified atom stereocenters. The van der Waals surface area contributed by atoms with Gasteiger partial charge in [0.05, 0.1) is 0 Å². The van der Waals surface area contributed by atoms with Crippen molar-refractivity contribution in [3.8, 4) is 0 Å². The fourth-order valence-corrected chi connectivity index (χ4v) is 2.99. The van der Waals surface area contributed by atoms with Crippen LogP contribution in [0.2, 0.25) is 0 Å². The van der Waals surface area contributed by atoms with Gasteiger partial charge in [0, 0.05) is 24.1 Å². The largest absolute Gasteiger partial charge is 0.326 e. The van der Waals surface area contributed by atoms with Crippen molar-refractivity contribution < 1.29 is 9.59 Å². The van der Waals surface area contributed by atoms with Crippen molar-refractivity contribution in [3.63, 3.8) is 0 Å². The molecule has 0 atom stereocenters. The van der Waals surface area contributed by atoms with E-state index in [4.69, 9.17) is 0 Å². The number of hydrogen-bond acceptors (Lipinski definition) is 5. The van der Waals surface area contributed by atoms with Gasteiger partial charge in [0.25, 0.3) is 5.91 Å². The SMILES string of the molecule is CCC(=O)Nc1ccc(C(=O)Nc2nnc(CC(C)(C)C)s2)cc1. The van der Waals surface area contributed by atoms with Crippen molar-refractivity contribution in [1.82, 2.24) is 10.2 Å². The van der Waals surface area contributed by atoms with Crippen LogP contribution in [0.1, 0.15) is 49.5 Å². The van der Waals surface area contributed by atoms with Crippen molar-refractivity contribution in [3.05, 3.63) is 34.8 Å². The van der Waals surface area contributed by atoms with Crippen LogP contribution in [0, 0.1) is 5.41 Å². The Morgan fingerprint density at radius 2 is 1.75 bits per heavy atom. The summed E-state index contributed by atoms with van der Waals surface area (Å²) < 4.78 is 0. The van der Waals surface area contributed by atoms with Crippen molar-refractivity contribution in [2.45, 2.75) is 40.5 Å². The summed E-state index contributed by atoms with van der Waals surface area (Å²) in [5, 5.41) is 15.0. The van der Waals surface area contributed by atoms with Gasteiger partial charge in [-0.3, -0.25) is 14.9 Å². The minimum Gasteiger partial charge on any atom is -0.326 e. The smallest absolute Gasteiger partial charge is 0.257 e. The van der Waals surface area contributed by atoms with E-state index in [-0.39, 0.29) is 17.2 Å². The number of aromatic nitrogens is 2. The summed E-state index contributed by atoms with van der Waals surface area (Å²) >= 11 is 1.39. The van der Waals surface area contributed by atoms with E-state index < -0.39 is 0 Å². The molecule has 0 radical (unpaired) electrons. The standard InChI is InChI=1S/C17H22N4O2S/c1-5-13(22)18-12-8-6-11(7-9-12)15(23)19-16-21-20-14(24-16)10-17(2,3)4/h6-9H,5,10H2,1-4H3,(H,18,22)(H,19,21,23). The van der Waals surface area contributed by atoms with Gasteiger partial charge in [-0.25, -0.2) is 0 Å². The van der Waals surface area contributed by atoms with Crippen LogP contribution in [-0.4, -0.2) is 22.0 Å². The molecule has 0 saturated carbocycles. The van der Waals surface area contributed by atoms with Gasteiger partial charge in [0.1, 0.15) is 5.01 Å². The minimum atomic E-state index is -0.248. The quantitative estimate of drug-likeness (QED) is 0.864. The van der Waals surface area contributed by atoms with Gasteiger partial charge in [-0.2, -0.15) is 0 Å². The third kappa shape index (κ3) is 5.42. The van der Waals surface area contributed by atoms with Crippen LogP contribution in [0.3, 0.4) is 0 Å². The lowest BCUT2D eigenvalue weighted by Gasteiger charge is -2.14. The highest BCUT2D eigenvalue weighted by atomic mass is 32.1. The van der Waals surface area contributed by atoms with Crippen LogP contribution in [-0.2, 0) is 11.2 Å². The second kappa shape index (κ2) is 7.53. The van der Waals surface area contributed by atoms with Crippen LogP contribution < -0.4 is 10.6 Å². The Morgan fingerprint density at radius 3 is 2.33 bits per heavy atom. The number of carbonyl (C=O) groups excluding carboxylic acids is 2. The molecule has 0 fully saturated rings. The zero-order chi connectivity index (χ0) is 17.7. The average Bonchev–Trinajstić information content (AvgIpc) is 2.92. The van der Waals surface area contributed by atoms with Crippen molar-refractivity contribution >= 4 is 34.0 Å². The molecule has 1 aromatic carbocycles. The zero-order valence-corrected chi connectivity index (χ0v) is 15.2. The number of anilines is 2. The summed E-state index contributed by atoms with van der Waals surface area (Å²) in [6, 6.07) is 6.73. The Balaban J connectivity index is 1.98. The van der Waals surface area contributed by atoms with E-state index >= 15 is 0 Å². The molecule has 2 rings (SSSR count). The van der Waals surface area contributed by atoms with Gasteiger partial charge < -0.3 is 5.32 Å². The molecule has 0 spiro atoms. The summed E-state index contributed by atoms with van der Waals surface area (Å²) in [4.78, 5) is 23.6. The number of rotatable bonds is 5. The monoisotopic (exact) mass is 346 g/mol. The third-order valence-corrected chi connectivity index (χ3v) is 3.96. The van der Waals surface area contributed by atoms with E-state index in [0.717, 1.165) is 11.4 Å². The molecule has 0 aliphatic rings. The Morgan fingerprint density at radius 1 is 1.08 bits per heavy atom. The Kier molecular flexibility index (Phi) is 5.66. The Labute approximate surface area is 145 Å². The van der Waals surface area contributed by atoms with Gasteiger partial charge in [-0.15, -0.1) is 10.2 Å². The van der Waals surface area contributed by atoms with Gasteiger partial charge in [0.2, 0.25) is 11.0 Å². The third-order valence-electron chi connectivity index (χ3n) is 3.12. The minimum absolute atomic E-state index is 0.0626. The average molecular weight is 346 g/mol. The van der Waals surface area contributed by atoms with E-state index in [0.29, 0.717) is 22.8 Å². The maximum absolute atomic E-state index is 12.2. The van der Waals surface area contributed by atoms with Gasteiger partial charge in [-0.1, -0.05) is 39.0 Å². The lowest BCUT2D eigenvalue weighted by Crippen LogP contribution is -2.12. The maximum atomic E-state index is 12.2. The number of nitrogens with zero attached hydrogens (tertiary/aromatic N) is 2. The first-order valence-electron chi connectivity index (χ1n) is 7.80. The molecule has 24 heavy (non-hydrogen) atoms. The van der Waals surface area contributed by atoms with Gasteiger partial charge >= 0.3 is 0 Å². The van der Waals surface area contributed by atoms with Crippen LogP contribution >= 0.6 is 11.3 Å². The van der Waals surface area contributed by atoms with E-state index in [2.05, 4.69) is 41.6 Å². The van der Waals surface area contributed by atoms with E-state index in [9.17, 15) is 9.59 Å². The Bertz CT molecular complexity index is 717. The maximum Gasteiger partial charge on any atom is 0.257 e. The molecule has 128 valence electrons. The highest BCUT2D eigenvalue weighted by molar-refractivity contribution is 7.15. The van der Waals surface area contributed by atoms with E-state index in [1.807, 2.05) is 0 Å². The second-order valence-corrected chi connectivity index (χ2v) is 7.73. The molecule has 2 aromatic rings. The first-order chi connectivity index (χ1) is 11.3. The first-order valence-corrected chi connectivity index (χ1v) is 8.62. The molecule has 0 saturated heterocycles. The molecular weight excluding hydrogens is 324 g/mol. The number of hydrogen-bond donors (Lipinski definition) is 2. The molecule has 2 N–H and O–H groups in total. The predicted molar refractivity (Wildman–Crippen MR) is 96.4 cm³/mol. The van der Waals surface area contributed by atoms with Gasteiger partial charge in [-0.05, 0) is 29.7 Å². The number of amides is 2. The van der Waals surface area contributed by atoms with Crippen LogP contribution in [0.25, 0.3) is 0 Å². The van der Waals surface area contributed by atoms with Crippen LogP contribution in [0.5, 0.6) is 0 Å². The van der Waals surface area contributed by atoms with Crippen molar-refractivity contribution in [1.29, 1.82) is 0 Å². The summed E-state index contributed by atoms with van der Waals surface area (Å²) in [5.74, 6) is -0.311. The lowest BCUT2D eigenvalue weighted by molar-refractivity contribution is -0.115. The summed E-state index contributed by atoms with van der Waals surface area (Å²) in [7, 11) is 0. The van der Waals surface area contributed by atoms with Crippen molar-refractivity contribution in [2.24, 2.45) is 5.41 Å². The molecule has 0 aliphatic heterocycles. The molecule has 2 amide bonds. The van der Waals surface area contributed by atoms with E-state index in [1.165, 1.54) is 11.3 Å². The summed E-state index contributed by atoms with van der Waals surface area (Å²) in [5.41, 5.74) is 1.29. The second-order valence-electron chi connectivity index (χ2n) is 6.67. The molecule has 1 aromatic heterocycles. The number of nitrogens with one attached hydrogen (secondary N) is 2. The van der Waals surface area contributed by atoms with Crippen LogP contribution in [0.15, 0.2) is 24.3 Å². The van der Waals surface area contributed by atoms with Gasteiger partial charge in [0.15, 0.2) is 0 Å². The number of benzene rings is 1. The highest BCUT2D eigenvalue weighted by Gasteiger charge is 2.16. The van der Waals surface area contributed by atoms with Crippen LogP contribution in [0.4, 0.5) is 10.8 Å². The predicted octanol–water partition coefficient (Wildman–Crippen LogP) is 3.73. The molecular formula is C17H22N4O2S. The van der Waals surface area contributed by atoms with E-state index in [1.54, 1.807) is 31.2 Å². The highest BCUT2D eigenvalue weighted by Crippen LogP contribution is 2.25. The molecule has 7 heteroatoms. The molecule has 0 aliphatic carbocycles. The normalized spacial score (nSPS) is 11.2. The van der Waals surface area contributed by atoms with Crippen molar-refractivity contribution in [2.75, 3.05) is 10.6 Å². The fourth-order valence-electron chi connectivity index (χ4n) is 1.95. The molecule has 6 nitrogen and oxygen atoms in total. The number of carbonyl (C=O) groups is 2. The topological polar surface area (TPSA) is 84.0 Å². The first kappa shape index (κ1) is 18.1. The zero-order valence-electron chi connectivity index (χ0n) is 14.3. The molecule has 1 heterocycles. The fraction of sp³-hybridized carbons (Fsp3) is 0.412. The lowest BCUT2D eigenvalue weighted by atomic mass is 9.93.